The Morgan fingerprint density at radius 2 is 2.35 bits per heavy atom. The second kappa shape index (κ2) is 6.24. The van der Waals surface area contributed by atoms with Crippen molar-refractivity contribution in [2.24, 2.45) is 5.41 Å². The lowest BCUT2D eigenvalue weighted by Crippen LogP contribution is -2.45. The van der Waals surface area contributed by atoms with E-state index in [0.29, 0.717) is 6.42 Å². The Morgan fingerprint density at radius 1 is 1.52 bits per heavy atom. The SMILES string of the molecule is COc1cccc2[nH]cc(CC(=O)NC3CCCC3(C)CO)c12. The number of rotatable bonds is 5. The molecule has 0 saturated heterocycles. The summed E-state index contributed by atoms with van der Waals surface area (Å²) in [6, 6.07) is 5.84. The molecule has 1 heterocycles. The largest absolute Gasteiger partial charge is 0.496 e. The van der Waals surface area contributed by atoms with Gasteiger partial charge in [-0.15, -0.1) is 0 Å². The van der Waals surface area contributed by atoms with Gasteiger partial charge in [-0.3, -0.25) is 4.79 Å². The van der Waals surface area contributed by atoms with E-state index < -0.39 is 0 Å². The Hall–Kier alpha value is -2.01. The minimum atomic E-state index is -0.201. The molecule has 2 atom stereocenters. The molecule has 3 rings (SSSR count). The summed E-state index contributed by atoms with van der Waals surface area (Å²) in [5, 5.41) is 13.7. The number of ether oxygens (including phenoxy) is 1. The summed E-state index contributed by atoms with van der Waals surface area (Å²) in [4.78, 5) is 15.7. The molecule has 0 aliphatic heterocycles. The highest BCUT2D eigenvalue weighted by atomic mass is 16.5. The van der Waals surface area contributed by atoms with Gasteiger partial charge in [0.25, 0.3) is 0 Å². The van der Waals surface area contributed by atoms with Gasteiger partial charge in [-0.05, 0) is 30.5 Å². The normalized spacial score (nSPS) is 24.0. The molecule has 0 bridgehead atoms. The van der Waals surface area contributed by atoms with Crippen LogP contribution in [0.1, 0.15) is 31.7 Å². The number of aliphatic hydroxyl groups excluding tert-OH is 1. The maximum Gasteiger partial charge on any atom is 0.224 e. The fourth-order valence-corrected chi connectivity index (χ4v) is 3.62. The molecular weight excluding hydrogens is 292 g/mol. The first kappa shape index (κ1) is 15.9. The number of hydrogen-bond acceptors (Lipinski definition) is 3. The molecule has 5 nitrogen and oxygen atoms in total. The second-order valence-electron chi connectivity index (χ2n) is 6.70. The number of nitrogens with one attached hydrogen (secondary N) is 2. The van der Waals surface area contributed by atoms with Gasteiger partial charge in [0.1, 0.15) is 5.75 Å². The molecule has 1 aliphatic rings. The molecule has 1 saturated carbocycles. The van der Waals surface area contributed by atoms with Crippen molar-refractivity contribution < 1.29 is 14.6 Å². The number of carbonyl (C=O) groups excluding carboxylic acids is 1. The maximum absolute atomic E-state index is 12.5. The number of fused-ring (bicyclic) bond motifs is 1. The van der Waals surface area contributed by atoms with E-state index in [-0.39, 0.29) is 24.0 Å². The van der Waals surface area contributed by atoms with Gasteiger partial charge in [0, 0.05) is 28.6 Å². The predicted octanol–water partition coefficient (Wildman–Crippen LogP) is 2.39. The Labute approximate surface area is 136 Å². The van der Waals surface area contributed by atoms with Gasteiger partial charge >= 0.3 is 0 Å². The van der Waals surface area contributed by atoms with Gasteiger partial charge in [-0.1, -0.05) is 19.4 Å². The van der Waals surface area contributed by atoms with Crippen molar-refractivity contribution in [2.45, 2.75) is 38.6 Å². The number of carbonyl (C=O) groups is 1. The first-order valence-corrected chi connectivity index (χ1v) is 8.10. The van der Waals surface area contributed by atoms with Crippen molar-refractivity contribution in [1.82, 2.24) is 10.3 Å². The molecule has 0 radical (unpaired) electrons. The average molecular weight is 316 g/mol. The van der Waals surface area contributed by atoms with Crippen molar-refractivity contribution in [3.8, 4) is 5.75 Å². The van der Waals surface area contributed by atoms with Crippen LogP contribution in [0.25, 0.3) is 10.9 Å². The Morgan fingerprint density at radius 3 is 3.09 bits per heavy atom. The Kier molecular flexibility index (Phi) is 4.31. The van der Waals surface area contributed by atoms with Gasteiger partial charge in [0.2, 0.25) is 5.91 Å². The average Bonchev–Trinajstić information content (AvgIpc) is 3.12. The highest BCUT2D eigenvalue weighted by molar-refractivity contribution is 5.93. The highest BCUT2D eigenvalue weighted by Gasteiger charge is 2.39. The van der Waals surface area contributed by atoms with E-state index >= 15 is 0 Å². The number of methoxy groups -OCH3 is 1. The van der Waals surface area contributed by atoms with E-state index in [1.165, 1.54) is 0 Å². The topological polar surface area (TPSA) is 74.4 Å². The number of hydrogen-bond donors (Lipinski definition) is 3. The van der Waals surface area contributed by atoms with Crippen molar-refractivity contribution in [2.75, 3.05) is 13.7 Å². The standard InChI is InChI=1S/C18H24N2O3/c1-18(11-21)8-4-7-15(18)20-16(22)9-12-10-19-13-5-3-6-14(23-2)17(12)13/h3,5-6,10,15,19,21H,4,7-9,11H2,1-2H3,(H,20,22). The molecule has 124 valence electrons. The molecule has 1 fully saturated rings. The molecule has 23 heavy (non-hydrogen) atoms. The number of amides is 1. The summed E-state index contributed by atoms with van der Waals surface area (Å²) in [6.07, 6.45) is 5.10. The minimum absolute atomic E-state index is 0.0108. The van der Waals surface area contributed by atoms with Crippen molar-refractivity contribution in [3.05, 3.63) is 30.0 Å². The van der Waals surface area contributed by atoms with Crippen LogP contribution in [0.5, 0.6) is 5.75 Å². The summed E-state index contributed by atoms with van der Waals surface area (Å²) < 4.78 is 5.41. The number of benzene rings is 1. The Balaban J connectivity index is 1.76. The molecular formula is C18H24N2O3. The smallest absolute Gasteiger partial charge is 0.224 e. The fourth-order valence-electron chi connectivity index (χ4n) is 3.62. The molecule has 1 aliphatic carbocycles. The van der Waals surface area contributed by atoms with Crippen molar-refractivity contribution in [3.63, 3.8) is 0 Å². The van der Waals surface area contributed by atoms with E-state index in [1.807, 2.05) is 31.3 Å². The van der Waals surface area contributed by atoms with Crippen LogP contribution in [0.2, 0.25) is 0 Å². The van der Waals surface area contributed by atoms with E-state index in [9.17, 15) is 9.90 Å². The van der Waals surface area contributed by atoms with Crippen LogP contribution in [0.3, 0.4) is 0 Å². The summed E-state index contributed by atoms with van der Waals surface area (Å²) in [5.41, 5.74) is 1.69. The van der Waals surface area contributed by atoms with Crippen LogP contribution < -0.4 is 10.1 Å². The first-order chi connectivity index (χ1) is 11.1. The van der Waals surface area contributed by atoms with Crippen LogP contribution >= 0.6 is 0 Å². The quantitative estimate of drug-likeness (QED) is 0.793. The zero-order chi connectivity index (χ0) is 16.4. The summed E-state index contributed by atoms with van der Waals surface area (Å²) in [5.74, 6) is 0.760. The van der Waals surface area contributed by atoms with Gasteiger partial charge in [-0.2, -0.15) is 0 Å². The zero-order valence-electron chi connectivity index (χ0n) is 13.7. The number of aromatic nitrogens is 1. The minimum Gasteiger partial charge on any atom is -0.496 e. The summed E-state index contributed by atoms with van der Waals surface area (Å²) >= 11 is 0. The third-order valence-corrected chi connectivity index (χ3v) is 5.10. The lowest BCUT2D eigenvalue weighted by Gasteiger charge is -2.30. The molecule has 2 unspecified atom stereocenters. The van der Waals surface area contributed by atoms with Gasteiger partial charge < -0.3 is 20.1 Å². The molecule has 3 N–H and O–H groups in total. The summed E-state index contributed by atoms with van der Waals surface area (Å²) in [7, 11) is 1.64. The van der Waals surface area contributed by atoms with E-state index in [1.54, 1.807) is 7.11 Å². The van der Waals surface area contributed by atoms with Crippen LogP contribution in [0.4, 0.5) is 0 Å². The van der Waals surface area contributed by atoms with Crippen LogP contribution in [0, 0.1) is 5.41 Å². The molecule has 0 spiro atoms. The molecule has 5 heteroatoms. The van der Waals surface area contributed by atoms with Crippen LogP contribution in [-0.4, -0.2) is 35.8 Å². The monoisotopic (exact) mass is 316 g/mol. The number of aliphatic hydroxyl groups is 1. The number of H-pyrrole nitrogens is 1. The lowest BCUT2D eigenvalue weighted by molar-refractivity contribution is -0.122. The zero-order valence-corrected chi connectivity index (χ0v) is 13.7. The Bertz CT molecular complexity index is 709. The molecule has 2 aromatic rings. The fraction of sp³-hybridized carbons (Fsp3) is 0.500. The highest BCUT2D eigenvalue weighted by Crippen LogP contribution is 2.37. The van der Waals surface area contributed by atoms with Gasteiger partial charge in [-0.25, -0.2) is 0 Å². The molecule has 1 aromatic heterocycles. The maximum atomic E-state index is 12.5. The summed E-state index contributed by atoms with van der Waals surface area (Å²) in [6.45, 7) is 2.15. The second-order valence-corrected chi connectivity index (χ2v) is 6.70. The molecule has 1 aromatic carbocycles. The van der Waals surface area contributed by atoms with Crippen molar-refractivity contribution >= 4 is 16.8 Å². The van der Waals surface area contributed by atoms with E-state index in [0.717, 1.165) is 41.5 Å². The van der Waals surface area contributed by atoms with E-state index in [4.69, 9.17) is 4.74 Å². The third kappa shape index (κ3) is 2.93. The van der Waals surface area contributed by atoms with Crippen LogP contribution in [-0.2, 0) is 11.2 Å². The third-order valence-electron chi connectivity index (χ3n) is 5.10. The van der Waals surface area contributed by atoms with Gasteiger partial charge in [0.05, 0.1) is 20.1 Å². The van der Waals surface area contributed by atoms with Crippen LogP contribution in [0.15, 0.2) is 24.4 Å². The van der Waals surface area contributed by atoms with Crippen molar-refractivity contribution in [1.29, 1.82) is 0 Å². The lowest BCUT2D eigenvalue weighted by atomic mass is 9.85. The van der Waals surface area contributed by atoms with E-state index in [2.05, 4.69) is 10.3 Å². The predicted molar refractivity (Wildman–Crippen MR) is 89.5 cm³/mol. The first-order valence-electron chi connectivity index (χ1n) is 8.10. The molecule has 1 amide bonds. The number of aromatic amines is 1. The van der Waals surface area contributed by atoms with Gasteiger partial charge in [0.15, 0.2) is 0 Å².